The molecule has 0 radical (unpaired) electrons. The molecule has 1 rings (SSSR count). The number of benzene rings is 1. The molecule has 0 saturated heterocycles. The van der Waals surface area contributed by atoms with E-state index in [9.17, 15) is 4.91 Å². The van der Waals surface area contributed by atoms with E-state index >= 15 is 0 Å². The Bertz CT molecular complexity index is 269. The summed E-state index contributed by atoms with van der Waals surface area (Å²) in [6.45, 7) is 2.90. The van der Waals surface area contributed by atoms with Gasteiger partial charge in [-0.05, 0) is 35.9 Å². The molecule has 1 aromatic carbocycles. The third kappa shape index (κ3) is 3.56. The van der Waals surface area contributed by atoms with Gasteiger partial charge >= 0.3 is 0 Å². The number of hydrogen-bond donors (Lipinski definition) is 0. The van der Waals surface area contributed by atoms with Gasteiger partial charge in [0, 0.05) is 0 Å². The van der Waals surface area contributed by atoms with Crippen molar-refractivity contribution in [3.63, 3.8) is 0 Å². The average molecular weight is 193 g/mol. The van der Waals surface area contributed by atoms with Gasteiger partial charge in [-0.3, -0.25) is 0 Å². The maximum absolute atomic E-state index is 10.1. The van der Waals surface area contributed by atoms with Gasteiger partial charge in [-0.1, -0.05) is 19.8 Å². The van der Waals surface area contributed by atoms with Crippen LogP contribution in [-0.4, -0.2) is 6.61 Å². The molecule has 14 heavy (non-hydrogen) atoms. The minimum Gasteiger partial charge on any atom is -0.494 e. The van der Waals surface area contributed by atoms with Gasteiger partial charge < -0.3 is 4.74 Å². The molecule has 0 aliphatic rings. The molecule has 76 valence electrons. The van der Waals surface area contributed by atoms with Gasteiger partial charge in [0.25, 0.3) is 0 Å². The highest BCUT2D eigenvalue weighted by molar-refractivity contribution is 5.40. The molecule has 0 aliphatic carbocycles. The number of rotatable bonds is 6. The Balaban J connectivity index is 2.32. The third-order valence-corrected chi connectivity index (χ3v) is 1.96. The number of unbranched alkanes of at least 4 members (excludes halogenated alkanes) is 2. The Kier molecular flexibility index (Phi) is 4.69. The standard InChI is InChI=1S/C11H15NO2/c1-2-3-4-9-14-11-7-5-10(12-13)6-8-11/h5-8H,2-4,9H2,1H3. The normalized spacial score (nSPS) is 9.79. The van der Waals surface area contributed by atoms with Gasteiger partial charge in [-0.2, -0.15) is 0 Å². The maximum atomic E-state index is 10.1. The predicted molar refractivity (Wildman–Crippen MR) is 56.9 cm³/mol. The van der Waals surface area contributed by atoms with Crippen molar-refractivity contribution in [1.82, 2.24) is 0 Å². The zero-order valence-corrected chi connectivity index (χ0v) is 8.40. The summed E-state index contributed by atoms with van der Waals surface area (Å²) in [6, 6.07) is 6.84. The number of hydrogen-bond acceptors (Lipinski definition) is 3. The highest BCUT2D eigenvalue weighted by Crippen LogP contribution is 2.17. The van der Waals surface area contributed by atoms with Crippen molar-refractivity contribution in [2.24, 2.45) is 5.18 Å². The Labute approximate surface area is 84.1 Å². The fourth-order valence-corrected chi connectivity index (χ4v) is 1.15. The van der Waals surface area contributed by atoms with Crippen LogP contribution in [0, 0.1) is 4.91 Å². The van der Waals surface area contributed by atoms with E-state index in [1.807, 2.05) is 0 Å². The fourth-order valence-electron chi connectivity index (χ4n) is 1.15. The second kappa shape index (κ2) is 6.13. The Morgan fingerprint density at radius 2 is 1.93 bits per heavy atom. The molecular weight excluding hydrogens is 178 g/mol. The summed E-state index contributed by atoms with van der Waals surface area (Å²) in [6.07, 6.45) is 3.45. The van der Waals surface area contributed by atoms with Gasteiger partial charge in [-0.15, -0.1) is 4.91 Å². The molecule has 0 amide bonds. The van der Waals surface area contributed by atoms with E-state index in [0.29, 0.717) is 5.69 Å². The largest absolute Gasteiger partial charge is 0.494 e. The molecule has 0 spiro atoms. The van der Waals surface area contributed by atoms with Crippen LogP contribution in [0.1, 0.15) is 26.2 Å². The number of nitroso groups, excluding NO2 is 1. The summed E-state index contributed by atoms with van der Waals surface area (Å²) in [4.78, 5) is 10.1. The number of nitrogens with zero attached hydrogens (tertiary/aromatic N) is 1. The molecule has 0 aliphatic heterocycles. The number of ether oxygens (including phenoxy) is 1. The summed E-state index contributed by atoms with van der Waals surface area (Å²) in [5.41, 5.74) is 0.436. The molecule has 0 aromatic heterocycles. The Hall–Kier alpha value is -1.38. The van der Waals surface area contributed by atoms with Gasteiger partial charge in [0.2, 0.25) is 0 Å². The van der Waals surface area contributed by atoms with Gasteiger partial charge in [0.1, 0.15) is 11.4 Å². The van der Waals surface area contributed by atoms with Gasteiger partial charge in [0.15, 0.2) is 0 Å². The van der Waals surface area contributed by atoms with Crippen molar-refractivity contribution in [3.05, 3.63) is 29.2 Å². The molecule has 0 saturated carbocycles. The van der Waals surface area contributed by atoms with Gasteiger partial charge in [-0.25, -0.2) is 0 Å². The summed E-state index contributed by atoms with van der Waals surface area (Å²) in [5, 5.41) is 2.82. The molecule has 0 N–H and O–H groups in total. The van der Waals surface area contributed by atoms with Crippen LogP contribution in [0.2, 0.25) is 0 Å². The minimum atomic E-state index is 0.436. The SMILES string of the molecule is CCCCCOc1ccc(N=O)cc1. The average Bonchev–Trinajstić information content (AvgIpc) is 2.25. The van der Waals surface area contributed by atoms with Crippen LogP contribution in [0.3, 0.4) is 0 Å². The van der Waals surface area contributed by atoms with Gasteiger partial charge in [0.05, 0.1) is 6.61 Å². The molecule has 0 fully saturated rings. The first-order valence-corrected chi connectivity index (χ1v) is 4.93. The molecule has 3 nitrogen and oxygen atoms in total. The molecule has 1 aromatic rings. The smallest absolute Gasteiger partial charge is 0.119 e. The van der Waals surface area contributed by atoms with E-state index < -0.39 is 0 Å². The van der Waals surface area contributed by atoms with Crippen molar-refractivity contribution in [2.75, 3.05) is 6.61 Å². The lowest BCUT2D eigenvalue weighted by Crippen LogP contribution is -1.96. The molecule has 0 atom stereocenters. The van der Waals surface area contributed by atoms with Crippen molar-refractivity contribution in [2.45, 2.75) is 26.2 Å². The van der Waals surface area contributed by atoms with E-state index in [0.717, 1.165) is 18.8 Å². The van der Waals surface area contributed by atoms with Crippen LogP contribution in [0.25, 0.3) is 0 Å². The van der Waals surface area contributed by atoms with E-state index in [1.165, 1.54) is 12.8 Å². The fraction of sp³-hybridized carbons (Fsp3) is 0.455. The first-order chi connectivity index (χ1) is 6.86. The Morgan fingerprint density at radius 3 is 2.50 bits per heavy atom. The van der Waals surface area contributed by atoms with Crippen molar-refractivity contribution in [1.29, 1.82) is 0 Å². The highest BCUT2D eigenvalue weighted by atomic mass is 16.5. The van der Waals surface area contributed by atoms with E-state index in [2.05, 4.69) is 12.1 Å². The van der Waals surface area contributed by atoms with Crippen LogP contribution >= 0.6 is 0 Å². The van der Waals surface area contributed by atoms with E-state index in [-0.39, 0.29) is 0 Å². The Morgan fingerprint density at radius 1 is 1.21 bits per heavy atom. The molecule has 0 heterocycles. The molecule has 0 bridgehead atoms. The van der Waals surface area contributed by atoms with Crippen LogP contribution in [0.5, 0.6) is 5.75 Å². The van der Waals surface area contributed by atoms with Crippen molar-refractivity contribution >= 4 is 5.69 Å². The third-order valence-electron chi connectivity index (χ3n) is 1.96. The summed E-state index contributed by atoms with van der Waals surface area (Å²) in [5.74, 6) is 0.800. The summed E-state index contributed by atoms with van der Waals surface area (Å²) >= 11 is 0. The minimum absolute atomic E-state index is 0.436. The highest BCUT2D eigenvalue weighted by Gasteiger charge is 1.94. The first-order valence-electron chi connectivity index (χ1n) is 4.93. The second-order valence-electron chi connectivity index (χ2n) is 3.14. The van der Waals surface area contributed by atoms with Crippen LogP contribution < -0.4 is 4.74 Å². The second-order valence-corrected chi connectivity index (χ2v) is 3.14. The van der Waals surface area contributed by atoms with E-state index in [1.54, 1.807) is 24.3 Å². The zero-order chi connectivity index (χ0) is 10.2. The van der Waals surface area contributed by atoms with Crippen LogP contribution in [-0.2, 0) is 0 Å². The van der Waals surface area contributed by atoms with Crippen LogP contribution in [0.15, 0.2) is 29.4 Å². The lowest BCUT2D eigenvalue weighted by Gasteiger charge is -2.04. The zero-order valence-electron chi connectivity index (χ0n) is 8.40. The van der Waals surface area contributed by atoms with Crippen molar-refractivity contribution < 1.29 is 4.74 Å². The first kappa shape index (κ1) is 10.7. The lowest BCUT2D eigenvalue weighted by atomic mass is 10.2. The molecule has 3 heteroatoms. The summed E-state index contributed by atoms with van der Waals surface area (Å²) in [7, 11) is 0. The van der Waals surface area contributed by atoms with E-state index in [4.69, 9.17) is 4.74 Å². The quantitative estimate of drug-likeness (QED) is 0.511. The molecule has 0 unspecified atom stereocenters. The van der Waals surface area contributed by atoms with Crippen molar-refractivity contribution in [3.8, 4) is 5.75 Å². The predicted octanol–water partition coefficient (Wildman–Crippen LogP) is 3.65. The monoisotopic (exact) mass is 193 g/mol. The molecular formula is C11H15NO2. The summed E-state index contributed by atoms with van der Waals surface area (Å²) < 4.78 is 5.46. The van der Waals surface area contributed by atoms with Crippen LogP contribution in [0.4, 0.5) is 5.69 Å². The maximum Gasteiger partial charge on any atom is 0.119 e. The lowest BCUT2D eigenvalue weighted by molar-refractivity contribution is 0.306. The topological polar surface area (TPSA) is 38.7 Å².